The highest BCUT2D eigenvalue weighted by Crippen LogP contribution is 2.31. The van der Waals surface area contributed by atoms with E-state index in [1.54, 1.807) is 19.1 Å². The SMILES string of the molecule is CC(COC(=O)c1ccc(S(=O)(=O)Nc2ccc(NNC(=O)C(F)(F)F)nc2)cc1)CC(C)(C)C.Cc1ccc(NS(=O)(=O)c2sc(NC(=O)CC(C)CC(C)(C)C)nc2C)cc1. The molecule has 21 heteroatoms. The lowest BCUT2D eigenvalue weighted by molar-refractivity contribution is -0.173. The van der Waals surface area contributed by atoms with Crippen molar-refractivity contribution in [2.75, 3.05) is 26.8 Å². The number of nitrogens with one attached hydrogen (secondary N) is 5. The molecular formula is C42H56F3N7O8S3. The number of aromatic nitrogens is 2. The molecule has 0 aliphatic rings. The van der Waals surface area contributed by atoms with Crippen molar-refractivity contribution in [2.24, 2.45) is 22.7 Å². The number of sulfonamides is 2. The molecular weight excluding hydrogens is 884 g/mol. The van der Waals surface area contributed by atoms with Crippen LogP contribution in [0.15, 0.2) is 76.0 Å². The van der Waals surface area contributed by atoms with Crippen LogP contribution in [0.2, 0.25) is 0 Å². The average molecular weight is 940 g/mol. The normalized spacial score (nSPS) is 13.1. The molecule has 2 atom stereocenters. The quantitative estimate of drug-likeness (QED) is 0.0528. The van der Waals surface area contributed by atoms with E-state index in [-0.39, 0.29) is 61.4 Å². The number of nitrogens with zero attached hydrogens (tertiary/aromatic N) is 2. The first kappa shape index (κ1) is 52.1. The van der Waals surface area contributed by atoms with Gasteiger partial charge in [0.05, 0.1) is 34.6 Å². The number of halogens is 3. The molecule has 0 spiro atoms. The fraction of sp³-hybridized carbons (Fsp3) is 0.452. The molecule has 0 fully saturated rings. The number of carbonyl (C=O) groups excluding carboxylic acids is 3. The zero-order valence-electron chi connectivity index (χ0n) is 36.9. The Morgan fingerprint density at radius 1 is 0.762 bits per heavy atom. The third-order valence-corrected chi connectivity index (χ3v) is 12.9. The van der Waals surface area contributed by atoms with Crippen molar-refractivity contribution in [3.63, 3.8) is 0 Å². The molecule has 2 aromatic heterocycles. The zero-order chi connectivity index (χ0) is 47.6. The van der Waals surface area contributed by atoms with Gasteiger partial charge in [-0.15, -0.1) is 0 Å². The molecule has 15 nitrogen and oxygen atoms in total. The number of alkyl halides is 3. The molecule has 0 saturated carbocycles. The van der Waals surface area contributed by atoms with Crippen LogP contribution >= 0.6 is 11.3 Å². The number of anilines is 4. The van der Waals surface area contributed by atoms with Crippen molar-refractivity contribution < 1.29 is 49.1 Å². The van der Waals surface area contributed by atoms with Crippen LogP contribution in [0.3, 0.4) is 0 Å². The van der Waals surface area contributed by atoms with Gasteiger partial charge in [-0.1, -0.05) is 84.4 Å². The standard InChI is InChI=1S/C22H27F3N4O5S.C20H29N3O3S2/c1-14(11-21(2,3)4)13-34-19(30)15-5-8-17(9-6-15)35(32,33)29-16-7-10-18(26-12-16)27-28-20(31)22(23,24)25;1-13-7-9-16(10-8-13)23-28(25,26)18-15(3)21-19(27-18)22-17(24)11-14(2)12-20(4,5)6/h5-10,12,14,29H,11,13H2,1-4H3,(H,26,27)(H,28,31);7-10,14,23H,11-12H2,1-6H3,(H,21,22,24). The Labute approximate surface area is 371 Å². The first-order valence-corrected chi connectivity index (χ1v) is 23.5. The summed E-state index contributed by atoms with van der Waals surface area (Å²) < 4.78 is 97.3. The summed E-state index contributed by atoms with van der Waals surface area (Å²) in [5, 5.41) is 3.04. The van der Waals surface area contributed by atoms with Crippen LogP contribution in [0.5, 0.6) is 0 Å². The maximum absolute atomic E-state index is 12.7. The van der Waals surface area contributed by atoms with Crippen LogP contribution in [-0.4, -0.2) is 57.4 Å². The van der Waals surface area contributed by atoms with Crippen molar-refractivity contribution in [3.05, 3.63) is 83.7 Å². The summed E-state index contributed by atoms with van der Waals surface area (Å²) in [5.41, 5.74) is 5.75. The Balaban J connectivity index is 0.000000344. The summed E-state index contributed by atoms with van der Waals surface area (Å²) in [7, 11) is -7.80. The van der Waals surface area contributed by atoms with Crippen LogP contribution in [0.1, 0.15) is 96.3 Å². The molecule has 5 N–H and O–H groups in total. The van der Waals surface area contributed by atoms with E-state index in [9.17, 15) is 44.4 Å². The van der Waals surface area contributed by atoms with Gasteiger partial charge in [0.1, 0.15) is 5.82 Å². The van der Waals surface area contributed by atoms with Crippen molar-refractivity contribution in [3.8, 4) is 0 Å². The Morgan fingerprint density at radius 3 is 1.86 bits per heavy atom. The van der Waals surface area contributed by atoms with Crippen molar-refractivity contribution in [1.82, 2.24) is 15.4 Å². The monoisotopic (exact) mass is 939 g/mol. The number of thiazole rings is 1. The summed E-state index contributed by atoms with van der Waals surface area (Å²) in [4.78, 5) is 43.2. The Bertz CT molecular complexity index is 2400. The van der Waals surface area contributed by atoms with Gasteiger partial charge in [-0.3, -0.25) is 29.9 Å². The highest BCUT2D eigenvalue weighted by Gasteiger charge is 2.38. The van der Waals surface area contributed by atoms with Gasteiger partial charge < -0.3 is 10.1 Å². The molecule has 346 valence electrons. The number of rotatable bonds is 16. The number of hydrogen-bond acceptors (Lipinski definition) is 12. The zero-order valence-corrected chi connectivity index (χ0v) is 39.3. The number of esters is 1. The van der Waals surface area contributed by atoms with Gasteiger partial charge in [0.15, 0.2) is 9.34 Å². The molecule has 2 heterocycles. The highest BCUT2D eigenvalue weighted by atomic mass is 32.2. The fourth-order valence-electron chi connectivity index (χ4n) is 6.22. The van der Waals surface area contributed by atoms with Crippen LogP contribution in [0.25, 0.3) is 0 Å². The largest absolute Gasteiger partial charge is 0.472 e. The van der Waals surface area contributed by atoms with Crippen molar-refractivity contribution in [1.29, 1.82) is 0 Å². The van der Waals surface area contributed by atoms with Crippen molar-refractivity contribution >= 4 is 71.5 Å². The number of amides is 2. The first-order chi connectivity index (χ1) is 28.9. The van der Waals surface area contributed by atoms with E-state index in [2.05, 4.69) is 66.3 Å². The maximum Gasteiger partial charge on any atom is 0.472 e. The second-order valence-corrected chi connectivity index (χ2v) is 22.2. The van der Waals surface area contributed by atoms with Gasteiger partial charge in [-0.2, -0.15) is 13.2 Å². The lowest BCUT2D eigenvalue weighted by Crippen LogP contribution is -2.40. The molecule has 0 radical (unpaired) electrons. The Morgan fingerprint density at radius 2 is 1.32 bits per heavy atom. The maximum atomic E-state index is 12.7. The van der Waals surface area contributed by atoms with Crippen LogP contribution in [0.4, 0.5) is 35.5 Å². The number of ether oxygens (including phenoxy) is 1. The number of carbonyl (C=O) groups is 3. The van der Waals surface area contributed by atoms with E-state index >= 15 is 0 Å². The molecule has 4 rings (SSSR count). The van der Waals surface area contributed by atoms with Gasteiger partial charge >= 0.3 is 18.1 Å². The predicted molar refractivity (Wildman–Crippen MR) is 238 cm³/mol. The number of pyridine rings is 1. The first-order valence-electron chi connectivity index (χ1n) is 19.7. The van der Waals surface area contributed by atoms with Gasteiger partial charge in [0.25, 0.3) is 20.0 Å². The third-order valence-electron chi connectivity index (χ3n) is 8.48. The van der Waals surface area contributed by atoms with E-state index < -0.39 is 38.1 Å². The smallest absolute Gasteiger partial charge is 0.462 e. The van der Waals surface area contributed by atoms with E-state index in [0.717, 1.165) is 42.0 Å². The fourth-order valence-corrected chi connectivity index (χ4v) is 9.76. The van der Waals surface area contributed by atoms with E-state index in [1.165, 1.54) is 35.8 Å². The van der Waals surface area contributed by atoms with E-state index in [0.29, 0.717) is 22.9 Å². The van der Waals surface area contributed by atoms with Crippen molar-refractivity contribution in [2.45, 2.75) is 104 Å². The van der Waals surface area contributed by atoms with Gasteiger partial charge in [-0.25, -0.2) is 31.6 Å². The molecule has 2 aromatic carbocycles. The topological polar surface area (TPSA) is 215 Å². The summed E-state index contributed by atoms with van der Waals surface area (Å²) in [6.45, 7) is 20.5. The second-order valence-electron chi connectivity index (χ2n) is 17.6. The predicted octanol–water partition coefficient (Wildman–Crippen LogP) is 9.08. The Kier molecular flexibility index (Phi) is 17.7. The van der Waals surface area contributed by atoms with Crippen LogP contribution < -0.4 is 25.6 Å². The minimum Gasteiger partial charge on any atom is -0.462 e. The summed E-state index contributed by atoms with van der Waals surface area (Å²) >= 11 is 0.964. The minimum atomic E-state index is -5.07. The molecule has 0 aliphatic heterocycles. The molecule has 2 unspecified atom stereocenters. The molecule has 2 amide bonds. The van der Waals surface area contributed by atoms with Crippen LogP contribution in [-0.2, 0) is 34.4 Å². The minimum absolute atomic E-state index is 0.0222. The number of hydrogen-bond donors (Lipinski definition) is 5. The lowest BCUT2D eigenvalue weighted by atomic mass is 9.84. The summed E-state index contributed by atoms with van der Waals surface area (Å²) in [6, 6.07) is 14.6. The van der Waals surface area contributed by atoms with E-state index in [4.69, 9.17) is 4.74 Å². The van der Waals surface area contributed by atoms with Crippen LogP contribution in [0, 0.1) is 36.5 Å². The van der Waals surface area contributed by atoms with Gasteiger partial charge in [0.2, 0.25) is 5.91 Å². The van der Waals surface area contributed by atoms with Gasteiger partial charge in [-0.05, 0) is 97.9 Å². The summed E-state index contributed by atoms with van der Waals surface area (Å²) in [5.74, 6) is -2.68. The third kappa shape index (κ3) is 18.2. The molecule has 0 bridgehead atoms. The number of hydrazine groups is 1. The lowest BCUT2D eigenvalue weighted by Gasteiger charge is -2.22. The molecule has 63 heavy (non-hydrogen) atoms. The number of aryl methyl sites for hydroxylation is 2. The van der Waals surface area contributed by atoms with Gasteiger partial charge in [0, 0.05) is 12.1 Å². The summed E-state index contributed by atoms with van der Waals surface area (Å²) in [6.07, 6.45) is -1.85. The molecule has 0 saturated heterocycles. The highest BCUT2D eigenvalue weighted by molar-refractivity contribution is 7.94. The second kappa shape index (κ2) is 21.4. The van der Waals surface area contributed by atoms with E-state index in [1.807, 2.05) is 38.3 Å². The number of benzene rings is 2. The molecule has 4 aromatic rings. The molecule has 0 aliphatic carbocycles. The average Bonchev–Trinajstić information content (AvgIpc) is 3.52. The Hall–Kier alpha value is -5.28.